The maximum absolute atomic E-state index is 13.2. The first-order valence-corrected chi connectivity index (χ1v) is 9.63. The van der Waals surface area contributed by atoms with E-state index in [0.717, 1.165) is 16.8 Å². The molecule has 1 aliphatic rings. The third-order valence-electron chi connectivity index (χ3n) is 5.70. The van der Waals surface area contributed by atoms with Gasteiger partial charge < -0.3 is 13.9 Å². The van der Waals surface area contributed by atoms with Gasteiger partial charge in [-0.25, -0.2) is 9.69 Å². The van der Waals surface area contributed by atoms with Crippen LogP contribution in [0.15, 0.2) is 21.4 Å². The molecule has 4 rings (SSSR count). The SMILES string of the molecule is Cc1noc(C)c1CN1C(=O)N(c2cnn(Cc3c(C)noc3C)c2)C(=O)C1(C)C. The number of aryl methyl sites for hydroxylation is 4. The van der Waals surface area contributed by atoms with Crippen LogP contribution in [0.3, 0.4) is 0 Å². The van der Waals surface area contributed by atoms with Crippen LogP contribution in [0.5, 0.6) is 0 Å². The number of carbonyl (C=O) groups is 2. The van der Waals surface area contributed by atoms with E-state index < -0.39 is 11.6 Å². The van der Waals surface area contributed by atoms with Gasteiger partial charge in [0, 0.05) is 17.3 Å². The fraction of sp³-hybridized carbons (Fsp3) is 0.450. The minimum Gasteiger partial charge on any atom is -0.361 e. The highest BCUT2D eigenvalue weighted by Gasteiger charge is 2.52. The number of hydrogen-bond acceptors (Lipinski definition) is 7. The van der Waals surface area contributed by atoms with Crippen LogP contribution in [0.1, 0.15) is 47.9 Å². The molecule has 0 saturated carbocycles. The van der Waals surface area contributed by atoms with E-state index in [1.165, 1.54) is 16.0 Å². The molecule has 0 unspecified atom stereocenters. The normalized spacial score (nSPS) is 16.2. The number of aromatic nitrogens is 4. The molecule has 0 spiro atoms. The Bertz CT molecular complexity index is 1100. The summed E-state index contributed by atoms with van der Waals surface area (Å²) in [6.07, 6.45) is 3.20. The van der Waals surface area contributed by atoms with Crippen LogP contribution in [0.2, 0.25) is 0 Å². The average Bonchev–Trinajstić information content (AvgIpc) is 3.39. The second-order valence-corrected chi connectivity index (χ2v) is 8.07. The van der Waals surface area contributed by atoms with Gasteiger partial charge in [0.15, 0.2) is 0 Å². The summed E-state index contributed by atoms with van der Waals surface area (Å²) >= 11 is 0. The van der Waals surface area contributed by atoms with Gasteiger partial charge >= 0.3 is 6.03 Å². The molecule has 30 heavy (non-hydrogen) atoms. The molecule has 3 aromatic heterocycles. The predicted octanol–water partition coefficient (Wildman–Crippen LogP) is 2.89. The highest BCUT2D eigenvalue weighted by Crippen LogP contribution is 2.34. The number of urea groups is 1. The second kappa shape index (κ2) is 6.82. The number of nitrogens with zero attached hydrogens (tertiary/aromatic N) is 6. The Morgan fingerprint density at radius 2 is 1.50 bits per heavy atom. The highest BCUT2D eigenvalue weighted by molar-refractivity contribution is 6.22. The monoisotopic (exact) mass is 412 g/mol. The van der Waals surface area contributed by atoms with E-state index in [0.29, 0.717) is 29.4 Å². The van der Waals surface area contributed by atoms with Gasteiger partial charge in [-0.2, -0.15) is 5.10 Å². The van der Waals surface area contributed by atoms with Crippen molar-refractivity contribution in [3.63, 3.8) is 0 Å². The van der Waals surface area contributed by atoms with Gasteiger partial charge in [0.25, 0.3) is 5.91 Å². The van der Waals surface area contributed by atoms with Crippen LogP contribution in [0, 0.1) is 27.7 Å². The number of imide groups is 1. The lowest BCUT2D eigenvalue weighted by Gasteiger charge is -2.27. The summed E-state index contributed by atoms with van der Waals surface area (Å²) in [5, 5.41) is 12.2. The molecule has 10 nitrogen and oxygen atoms in total. The maximum atomic E-state index is 13.2. The summed E-state index contributed by atoms with van der Waals surface area (Å²) in [6.45, 7) is 11.4. The number of hydrogen-bond donors (Lipinski definition) is 0. The summed E-state index contributed by atoms with van der Waals surface area (Å²) in [6, 6.07) is -0.401. The Hall–Kier alpha value is -3.43. The topological polar surface area (TPSA) is 110 Å². The molecule has 1 fully saturated rings. The number of carbonyl (C=O) groups excluding carboxylic acids is 2. The number of anilines is 1. The molecule has 1 aliphatic heterocycles. The van der Waals surface area contributed by atoms with Gasteiger partial charge in [-0.1, -0.05) is 10.3 Å². The van der Waals surface area contributed by atoms with Crippen LogP contribution >= 0.6 is 0 Å². The van der Waals surface area contributed by atoms with Crippen molar-refractivity contribution in [1.82, 2.24) is 25.0 Å². The molecule has 0 atom stereocenters. The zero-order valence-corrected chi connectivity index (χ0v) is 17.9. The fourth-order valence-corrected chi connectivity index (χ4v) is 3.66. The van der Waals surface area contributed by atoms with Crippen LogP contribution in [0.4, 0.5) is 10.5 Å². The molecule has 10 heteroatoms. The van der Waals surface area contributed by atoms with Crippen molar-refractivity contribution in [3.8, 4) is 0 Å². The van der Waals surface area contributed by atoms with Gasteiger partial charge in [0.1, 0.15) is 17.1 Å². The lowest BCUT2D eigenvalue weighted by Crippen LogP contribution is -2.43. The van der Waals surface area contributed by atoms with Crippen LogP contribution in [-0.2, 0) is 17.9 Å². The number of rotatable bonds is 5. The van der Waals surface area contributed by atoms with Crippen molar-refractivity contribution >= 4 is 17.6 Å². The number of amides is 3. The molecule has 3 aromatic rings. The minimum atomic E-state index is -1.02. The van der Waals surface area contributed by atoms with Gasteiger partial charge in [0.05, 0.1) is 36.4 Å². The average molecular weight is 412 g/mol. The van der Waals surface area contributed by atoms with E-state index in [2.05, 4.69) is 15.4 Å². The first-order chi connectivity index (χ1) is 14.1. The standard InChI is InChI=1S/C20H24N6O4/c1-11-16(13(3)29-22-11)9-24-8-15(7-21-24)26-18(27)20(5,6)25(19(26)28)10-17-12(2)23-30-14(17)4/h7-8H,9-10H2,1-6H3. The van der Waals surface area contributed by atoms with Crippen molar-refractivity contribution in [2.24, 2.45) is 0 Å². The molecular formula is C20H24N6O4. The third-order valence-corrected chi connectivity index (χ3v) is 5.70. The molecule has 158 valence electrons. The molecule has 3 amide bonds. The smallest absolute Gasteiger partial charge is 0.332 e. The molecule has 0 aromatic carbocycles. The van der Waals surface area contributed by atoms with Crippen molar-refractivity contribution < 1.29 is 18.6 Å². The highest BCUT2D eigenvalue weighted by atomic mass is 16.5. The predicted molar refractivity (Wildman–Crippen MR) is 106 cm³/mol. The summed E-state index contributed by atoms with van der Waals surface area (Å²) in [5.74, 6) is 1.04. The van der Waals surface area contributed by atoms with E-state index in [4.69, 9.17) is 9.05 Å². The molecule has 0 N–H and O–H groups in total. The van der Waals surface area contributed by atoms with Crippen molar-refractivity contribution in [2.75, 3.05) is 4.90 Å². The molecule has 4 heterocycles. The van der Waals surface area contributed by atoms with Gasteiger partial charge in [-0.05, 0) is 41.5 Å². The van der Waals surface area contributed by atoms with E-state index in [-0.39, 0.29) is 12.5 Å². The maximum Gasteiger partial charge on any atom is 0.332 e. The third kappa shape index (κ3) is 2.99. The lowest BCUT2D eigenvalue weighted by molar-refractivity contribution is -0.123. The molecule has 0 aliphatic carbocycles. The summed E-state index contributed by atoms with van der Waals surface area (Å²) in [4.78, 5) is 29.1. The second-order valence-electron chi connectivity index (χ2n) is 8.07. The van der Waals surface area contributed by atoms with E-state index in [1.807, 2.05) is 20.8 Å². The quantitative estimate of drug-likeness (QED) is 0.593. The van der Waals surface area contributed by atoms with Crippen LogP contribution < -0.4 is 4.90 Å². The van der Waals surface area contributed by atoms with E-state index in [9.17, 15) is 9.59 Å². The van der Waals surface area contributed by atoms with Gasteiger partial charge in [0.2, 0.25) is 0 Å². The molecule has 1 saturated heterocycles. The fourth-order valence-electron chi connectivity index (χ4n) is 3.66. The van der Waals surface area contributed by atoms with Gasteiger partial charge in [-0.15, -0.1) is 0 Å². The van der Waals surface area contributed by atoms with Crippen LogP contribution in [0.25, 0.3) is 0 Å². The lowest BCUT2D eigenvalue weighted by atomic mass is 10.0. The van der Waals surface area contributed by atoms with E-state index >= 15 is 0 Å². The Balaban J connectivity index is 1.61. The summed E-state index contributed by atoms with van der Waals surface area (Å²) in [7, 11) is 0. The van der Waals surface area contributed by atoms with Crippen LogP contribution in [-0.4, -0.2) is 42.5 Å². The van der Waals surface area contributed by atoms with Crippen molar-refractivity contribution in [3.05, 3.63) is 46.4 Å². The van der Waals surface area contributed by atoms with Gasteiger partial charge in [-0.3, -0.25) is 9.48 Å². The Morgan fingerprint density at radius 3 is 2.03 bits per heavy atom. The summed E-state index contributed by atoms with van der Waals surface area (Å²) in [5.41, 5.74) is 2.62. The van der Waals surface area contributed by atoms with Crippen molar-refractivity contribution in [2.45, 2.75) is 60.2 Å². The molecule has 0 bridgehead atoms. The minimum absolute atomic E-state index is 0.239. The Kier molecular flexibility index (Phi) is 4.52. The Morgan fingerprint density at radius 1 is 0.933 bits per heavy atom. The largest absolute Gasteiger partial charge is 0.361 e. The zero-order chi connectivity index (χ0) is 21.8. The molecular weight excluding hydrogens is 388 g/mol. The molecule has 0 radical (unpaired) electrons. The summed E-state index contributed by atoms with van der Waals surface area (Å²) < 4.78 is 12.1. The Labute approximate surface area is 173 Å². The van der Waals surface area contributed by atoms with E-state index in [1.54, 1.807) is 31.6 Å². The first-order valence-electron chi connectivity index (χ1n) is 9.63. The first kappa shape index (κ1) is 19.9. The zero-order valence-electron chi connectivity index (χ0n) is 17.9. The van der Waals surface area contributed by atoms with Crippen molar-refractivity contribution in [1.29, 1.82) is 0 Å².